The molecule has 1 aliphatic carbocycles. The first-order valence-electron chi connectivity index (χ1n) is 7.53. The van der Waals surface area contributed by atoms with Crippen molar-refractivity contribution in [1.29, 1.82) is 0 Å². The van der Waals surface area contributed by atoms with Crippen molar-refractivity contribution >= 4 is 11.6 Å². The molecule has 21 heavy (non-hydrogen) atoms. The number of ether oxygens (including phenoxy) is 2. The van der Waals surface area contributed by atoms with E-state index in [4.69, 9.17) is 21.1 Å². The fraction of sp³-hybridized carbons (Fsp3) is 0.625. The van der Waals surface area contributed by atoms with Gasteiger partial charge in [0.25, 0.3) is 0 Å². The van der Waals surface area contributed by atoms with Crippen molar-refractivity contribution in [1.82, 2.24) is 5.32 Å². The molecule has 1 fully saturated rings. The lowest BCUT2D eigenvalue weighted by atomic mass is 10.2. The summed E-state index contributed by atoms with van der Waals surface area (Å²) in [6, 6.07) is 7.56. The smallest absolute Gasteiger partial charge is 0.0897 e. The van der Waals surface area contributed by atoms with Gasteiger partial charge in [0.05, 0.1) is 25.9 Å². The second-order valence-corrected chi connectivity index (χ2v) is 5.89. The molecule has 1 aliphatic rings. The average Bonchev–Trinajstić information content (AvgIpc) is 3.29. The highest BCUT2D eigenvalue weighted by atomic mass is 35.5. The Morgan fingerprint density at radius 3 is 2.86 bits per heavy atom. The van der Waals surface area contributed by atoms with Gasteiger partial charge >= 0.3 is 0 Å². The SMILES string of the molecule is OC(CNCCOCC1CC1)COCc1ccccc1Cl. The van der Waals surface area contributed by atoms with Gasteiger partial charge in [-0.15, -0.1) is 0 Å². The van der Waals surface area contributed by atoms with E-state index in [9.17, 15) is 5.11 Å². The molecule has 1 aromatic carbocycles. The van der Waals surface area contributed by atoms with Crippen molar-refractivity contribution in [3.05, 3.63) is 34.9 Å². The number of aliphatic hydroxyl groups excluding tert-OH is 1. The van der Waals surface area contributed by atoms with Gasteiger partial charge in [-0.25, -0.2) is 0 Å². The van der Waals surface area contributed by atoms with E-state index in [-0.39, 0.29) is 0 Å². The summed E-state index contributed by atoms with van der Waals surface area (Å²) < 4.78 is 11.0. The number of benzene rings is 1. The minimum atomic E-state index is -0.518. The Kier molecular flexibility index (Phi) is 7.47. The fourth-order valence-electron chi connectivity index (χ4n) is 1.93. The predicted octanol–water partition coefficient (Wildman–Crippen LogP) is 2.23. The number of nitrogens with one attached hydrogen (secondary N) is 1. The molecule has 1 aromatic rings. The molecule has 0 heterocycles. The number of rotatable bonds is 11. The molecule has 4 nitrogen and oxygen atoms in total. The molecule has 0 aromatic heterocycles. The minimum absolute atomic E-state index is 0.293. The number of halogens is 1. The third kappa shape index (κ3) is 7.25. The average molecular weight is 314 g/mol. The third-order valence-electron chi connectivity index (χ3n) is 3.38. The monoisotopic (exact) mass is 313 g/mol. The van der Waals surface area contributed by atoms with Crippen LogP contribution in [0.25, 0.3) is 0 Å². The zero-order valence-corrected chi connectivity index (χ0v) is 13.0. The highest BCUT2D eigenvalue weighted by Gasteiger charge is 2.20. The van der Waals surface area contributed by atoms with Crippen molar-refractivity contribution in [3.63, 3.8) is 0 Å². The van der Waals surface area contributed by atoms with Crippen LogP contribution in [-0.4, -0.2) is 44.1 Å². The maximum absolute atomic E-state index is 9.79. The van der Waals surface area contributed by atoms with Crippen molar-refractivity contribution in [2.45, 2.75) is 25.6 Å². The van der Waals surface area contributed by atoms with Crippen LogP contribution in [0.2, 0.25) is 5.02 Å². The topological polar surface area (TPSA) is 50.7 Å². The van der Waals surface area contributed by atoms with Crippen LogP contribution in [0.5, 0.6) is 0 Å². The number of aliphatic hydroxyl groups is 1. The van der Waals surface area contributed by atoms with Gasteiger partial charge in [-0.1, -0.05) is 29.8 Å². The summed E-state index contributed by atoms with van der Waals surface area (Å²) in [7, 11) is 0. The third-order valence-corrected chi connectivity index (χ3v) is 3.75. The van der Waals surface area contributed by atoms with Crippen molar-refractivity contribution in [2.75, 3.05) is 32.9 Å². The molecule has 0 aliphatic heterocycles. The summed E-state index contributed by atoms with van der Waals surface area (Å²) in [5.41, 5.74) is 0.938. The molecule has 2 N–H and O–H groups in total. The molecule has 0 spiro atoms. The Labute approximate surface area is 131 Å². The zero-order valence-electron chi connectivity index (χ0n) is 12.3. The number of hydrogen-bond donors (Lipinski definition) is 2. The van der Waals surface area contributed by atoms with Crippen LogP contribution in [0, 0.1) is 5.92 Å². The van der Waals surface area contributed by atoms with E-state index in [0.717, 1.165) is 24.6 Å². The summed E-state index contributed by atoms with van der Waals surface area (Å²) in [5, 5.41) is 13.6. The summed E-state index contributed by atoms with van der Waals surface area (Å²) in [6.45, 7) is 3.56. The Morgan fingerprint density at radius 1 is 1.29 bits per heavy atom. The van der Waals surface area contributed by atoms with Gasteiger partial charge in [-0.05, 0) is 30.4 Å². The van der Waals surface area contributed by atoms with Gasteiger partial charge in [0, 0.05) is 24.7 Å². The van der Waals surface area contributed by atoms with Crippen LogP contribution in [0.3, 0.4) is 0 Å². The molecule has 1 atom stereocenters. The second kappa shape index (κ2) is 9.38. The Morgan fingerprint density at radius 2 is 2.10 bits per heavy atom. The Bertz CT molecular complexity index is 412. The lowest BCUT2D eigenvalue weighted by Crippen LogP contribution is -2.32. The quantitative estimate of drug-likeness (QED) is 0.615. The van der Waals surface area contributed by atoms with E-state index >= 15 is 0 Å². The summed E-state index contributed by atoms with van der Waals surface area (Å²) >= 11 is 6.03. The van der Waals surface area contributed by atoms with E-state index in [0.29, 0.717) is 31.4 Å². The van der Waals surface area contributed by atoms with Crippen molar-refractivity contribution < 1.29 is 14.6 Å². The predicted molar refractivity (Wildman–Crippen MR) is 83.5 cm³/mol. The summed E-state index contributed by atoms with van der Waals surface area (Å²) in [5.74, 6) is 0.800. The van der Waals surface area contributed by atoms with E-state index in [1.807, 2.05) is 24.3 Å². The van der Waals surface area contributed by atoms with Gasteiger partial charge in [-0.3, -0.25) is 0 Å². The van der Waals surface area contributed by atoms with Crippen LogP contribution in [0.15, 0.2) is 24.3 Å². The highest BCUT2D eigenvalue weighted by molar-refractivity contribution is 6.31. The Hall–Kier alpha value is -0.650. The molecule has 0 saturated heterocycles. The van der Waals surface area contributed by atoms with Crippen LogP contribution in [-0.2, 0) is 16.1 Å². The normalized spacial score (nSPS) is 16.1. The second-order valence-electron chi connectivity index (χ2n) is 5.48. The first kappa shape index (κ1) is 16.7. The van der Waals surface area contributed by atoms with Crippen molar-refractivity contribution in [2.24, 2.45) is 5.92 Å². The fourth-order valence-corrected chi connectivity index (χ4v) is 2.12. The maximum Gasteiger partial charge on any atom is 0.0897 e. The van der Waals surface area contributed by atoms with Crippen LogP contribution < -0.4 is 5.32 Å². The largest absolute Gasteiger partial charge is 0.389 e. The van der Waals surface area contributed by atoms with Gasteiger partial charge in [0.2, 0.25) is 0 Å². The maximum atomic E-state index is 9.79. The van der Waals surface area contributed by atoms with E-state index < -0.39 is 6.10 Å². The zero-order chi connectivity index (χ0) is 14.9. The molecule has 0 amide bonds. The molecule has 0 bridgehead atoms. The van der Waals surface area contributed by atoms with Crippen LogP contribution in [0.4, 0.5) is 0 Å². The number of hydrogen-bond acceptors (Lipinski definition) is 4. The lowest BCUT2D eigenvalue weighted by molar-refractivity contribution is 0.0277. The molecule has 5 heteroatoms. The molecular formula is C16H24ClNO3. The van der Waals surface area contributed by atoms with E-state index in [2.05, 4.69) is 5.32 Å². The van der Waals surface area contributed by atoms with Crippen molar-refractivity contribution in [3.8, 4) is 0 Å². The van der Waals surface area contributed by atoms with E-state index in [1.54, 1.807) is 0 Å². The molecule has 2 rings (SSSR count). The molecule has 1 unspecified atom stereocenters. The van der Waals surface area contributed by atoms with Crippen LogP contribution >= 0.6 is 11.6 Å². The first-order chi connectivity index (χ1) is 10.3. The molecular weight excluding hydrogens is 290 g/mol. The summed E-state index contributed by atoms with van der Waals surface area (Å²) in [6.07, 6.45) is 2.11. The molecule has 118 valence electrons. The molecule has 0 radical (unpaired) electrons. The Balaban J connectivity index is 1.45. The first-order valence-corrected chi connectivity index (χ1v) is 7.91. The minimum Gasteiger partial charge on any atom is -0.389 e. The van der Waals surface area contributed by atoms with Gasteiger partial charge in [0.15, 0.2) is 0 Å². The highest BCUT2D eigenvalue weighted by Crippen LogP contribution is 2.28. The standard InChI is InChI=1S/C16H24ClNO3/c17-16-4-2-1-3-14(16)11-21-12-15(19)9-18-7-8-20-10-13-5-6-13/h1-4,13,15,18-19H,5-12H2. The van der Waals surface area contributed by atoms with E-state index in [1.165, 1.54) is 12.8 Å². The van der Waals surface area contributed by atoms with Gasteiger partial charge in [0.1, 0.15) is 0 Å². The molecule has 1 saturated carbocycles. The van der Waals surface area contributed by atoms with Gasteiger partial charge < -0.3 is 19.9 Å². The van der Waals surface area contributed by atoms with Gasteiger partial charge in [-0.2, -0.15) is 0 Å². The summed E-state index contributed by atoms with van der Waals surface area (Å²) in [4.78, 5) is 0. The lowest BCUT2D eigenvalue weighted by Gasteiger charge is -2.13. The van der Waals surface area contributed by atoms with Crippen LogP contribution in [0.1, 0.15) is 18.4 Å².